The van der Waals surface area contributed by atoms with Crippen molar-refractivity contribution in [1.82, 2.24) is 39.7 Å². The summed E-state index contributed by atoms with van der Waals surface area (Å²) in [6, 6.07) is 5.55. The van der Waals surface area contributed by atoms with Crippen molar-refractivity contribution in [1.29, 1.82) is 0 Å². The van der Waals surface area contributed by atoms with E-state index >= 15 is 0 Å². The Balaban J connectivity index is 1.62. The number of hydrogen-bond donors (Lipinski definition) is 1. The largest absolute Gasteiger partial charge is 0.480 e. The Morgan fingerprint density at radius 2 is 1.87 bits per heavy atom. The number of nitrogens with one attached hydrogen (secondary N) is 1. The third-order valence-corrected chi connectivity index (χ3v) is 3.99. The second-order valence-corrected chi connectivity index (χ2v) is 5.95. The molecule has 0 aromatic carbocycles. The van der Waals surface area contributed by atoms with Gasteiger partial charge in [0.2, 0.25) is 5.88 Å². The van der Waals surface area contributed by atoms with Crippen LogP contribution in [-0.2, 0) is 6.18 Å². The number of ether oxygens (including phenoxy) is 1. The molecule has 0 spiro atoms. The smallest absolute Gasteiger partial charge is 0.434 e. The lowest BCUT2D eigenvalue weighted by Crippen LogP contribution is -2.21. The van der Waals surface area contributed by atoms with Crippen molar-refractivity contribution in [2.45, 2.75) is 6.18 Å². The van der Waals surface area contributed by atoms with Crippen molar-refractivity contribution in [3.63, 3.8) is 0 Å². The van der Waals surface area contributed by atoms with Crippen molar-refractivity contribution in [3.05, 3.63) is 60.6 Å². The zero-order chi connectivity index (χ0) is 22.0. The molecule has 1 amide bonds. The van der Waals surface area contributed by atoms with Crippen molar-refractivity contribution >= 4 is 11.6 Å². The van der Waals surface area contributed by atoms with Gasteiger partial charge in [0.25, 0.3) is 5.91 Å². The van der Waals surface area contributed by atoms with Crippen molar-refractivity contribution in [2.24, 2.45) is 0 Å². The summed E-state index contributed by atoms with van der Waals surface area (Å²) in [6.07, 6.45) is -0.0592. The number of carbonyl (C=O) groups excluding carboxylic acids is 1. The monoisotopic (exact) mass is 431 g/mol. The van der Waals surface area contributed by atoms with Crippen LogP contribution in [0, 0.1) is 0 Å². The van der Waals surface area contributed by atoms with E-state index in [-0.39, 0.29) is 17.4 Å². The van der Waals surface area contributed by atoms with E-state index in [4.69, 9.17) is 4.74 Å². The maximum Gasteiger partial charge on any atom is 0.434 e. The quantitative estimate of drug-likeness (QED) is 0.508. The molecule has 4 heterocycles. The number of halogens is 3. The number of pyridine rings is 1. The predicted molar refractivity (Wildman–Crippen MR) is 97.8 cm³/mol. The molecule has 11 nitrogen and oxygen atoms in total. The number of aromatic nitrogens is 8. The molecule has 4 aromatic heterocycles. The van der Waals surface area contributed by atoms with E-state index in [1.807, 2.05) is 0 Å². The minimum Gasteiger partial charge on any atom is -0.480 e. The fourth-order valence-electron chi connectivity index (χ4n) is 2.62. The molecule has 0 aliphatic carbocycles. The normalized spacial score (nSPS) is 11.4. The maximum atomic E-state index is 13.7. The van der Waals surface area contributed by atoms with Gasteiger partial charge in [-0.05, 0) is 18.2 Å². The highest BCUT2D eigenvalue weighted by molar-refractivity contribution is 6.05. The van der Waals surface area contributed by atoms with E-state index in [0.717, 1.165) is 6.20 Å². The number of anilines is 1. The summed E-state index contributed by atoms with van der Waals surface area (Å²) in [5, 5.41) is 17.2. The lowest BCUT2D eigenvalue weighted by atomic mass is 10.2. The van der Waals surface area contributed by atoms with Gasteiger partial charge in [-0.15, -0.1) is 10.2 Å². The van der Waals surface area contributed by atoms with Crippen LogP contribution in [0.1, 0.15) is 16.1 Å². The maximum absolute atomic E-state index is 13.7. The first kappa shape index (κ1) is 19.9. The average molecular weight is 431 g/mol. The van der Waals surface area contributed by atoms with Gasteiger partial charge in [-0.25, -0.2) is 19.3 Å². The SMILES string of the molecule is COc1ccc(-n2ncc(C(=O)Nc3ccc(-n4cncn4)nc3)c2C(F)(F)F)nn1. The first-order chi connectivity index (χ1) is 14.9. The molecule has 0 saturated carbocycles. The van der Waals surface area contributed by atoms with E-state index in [1.165, 1.54) is 54.9 Å². The molecule has 0 unspecified atom stereocenters. The first-order valence-corrected chi connectivity index (χ1v) is 8.52. The van der Waals surface area contributed by atoms with E-state index in [1.54, 1.807) is 0 Å². The zero-order valence-corrected chi connectivity index (χ0v) is 15.6. The Morgan fingerprint density at radius 1 is 1.06 bits per heavy atom. The number of amides is 1. The van der Waals surface area contributed by atoms with Gasteiger partial charge >= 0.3 is 6.18 Å². The molecule has 0 fully saturated rings. The lowest BCUT2D eigenvalue weighted by Gasteiger charge is -2.12. The van der Waals surface area contributed by atoms with Crippen LogP contribution < -0.4 is 10.1 Å². The minimum absolute atomic E-state index is 0.115. The van der Waals surface area contributed by atoms with Gasteiger partial charge < -0.3 is 10.1 Å². The van der Waals surface area contributed by atoms with Crippen LogP contribution in [0.4, 0.5) is 18.9 Å². The fourth-order valence-corrected chi connectivity index (χ4v) is 2.62. The fraction of sp³-hybridized carbons (Fsp3) is 0.118. The number of alkyl halides is 3. The second-order valence-electron chi connectivity index (χ2n) is 5.95. The Bertz CT molecular complexity index is 1190. The highest BCUT2D eigenvalue weighted by atomic mass is 19.4. The van der Waals surface area contributed by atoms with Gasteiger partial charge in [0.1, 0.15) is 12.7 Å². The van der Waals surface area contributed by atoms with Crippen LogP contribution in [0.3, 0.4) is 0 Å². The van der Waals surface area contributed by atoms with Crippen LogP contribution in [0.2, 0.25) is 0 Å². The molecule has 0 saturated heterocycles. The third-order valence-electron chi connectivity index (χ3n) is 3.99. The Hall–Kier alpha value is -4.36. The Morgan fingerprint density at radius 3 is 2.45 bits per heavy atom. The molecule has 0 aliphatic rings. The minimum atomic E-state index is -4.89. The van der Waals surface area contributed by atoms with E-state index in [9.17, 15) is 18.0 Å². The highest BCUT2D eigenvalue weighted by Crippen LogP contribution is 2.33. The summed E-state index contributed by atoms with van der Waals surface area (Å²) >= 11 is 0. The van der Waals surface area contributed by atoms with Crippen molar-refractivity contribution in [3.8, 4) is 17.5 Å². The molecule has 0 bridgehead atoms. The molecule has 1 N–H and O–H groups in total. The lowest BCUT2D eigenvalue weighted by molar-refractivity contribution is -0.143. The molecule has 4 rings (SSSR count). The second kappa shape index (κ2) is 7.81. The molecular formula is C17H12F3N9O2. The number of methoxy groups -OCH3 is 1. The summed E-state index contributed by atoms with van der Waals surface area (Å²) in [4.78, 5) is 20.4. The Labute approximate surface area is 171 Å². The number of rotatable bonds is 5. The van der Waals surface area contributed by atoms with Crippen LogP contribution in [0.15, 0.2) is 49.3 Å². The molecule has 0 atom stereocenters. The van der Waals surface area contributed by atoms with Crippen LogP contribution in [-0.4, -0.2) is 52.7 Å². The summed E-state index contributed by atoms with van der Waals surface area (Å²) in [5.74, 6) is -0.719. The summed E-state index contributed by atoms with van der Waals surface area (Å²) in [7, 11) is 1.34. The number of hydrogen-bond acceptors (Lipinski definition) is 8. The van der Waals surface area contributed by atoms with Gasteiger partial charge in [0.05, 0.1) is 30.8 Å². The predicted octanol–water partition coefficient (Wildman–Crippen LogP) is 1.92. The molecular weight excluding hydrogens is 419 g/mol. The van der Waals surface area contributed by atoms with Gasteiger partial charge in [-0.1, -0.05) is 0 Å². The van der Waals surface area contributed by atoms with Crippen LogP contribution in [0.5, 0.6) is 5.88 Å². The van der Waals surface area contributed by atoms with Crippen LogP contribution in [0.25, 0.3) is 11.6 Å². The first-order valence-electron chi connectivity index (χ1n) is 8.52. The van der Waals surface area contributed by atoms with Crippen LogP contribution >= 0.6 is 0 Å². The van der Waals surface area contributed by atoms with Gasteiger partial charge in [-0.2, -0.15) is 23.4 Å². The van der Waals surface area contributed by atoms with E-state index < -0.39 is 23.3 Å². The standard InChI is InChI=1S/C17H12F3N9O2/c1-31-14-5-4-13(26-27-14)29-15(17(18,19)20)11(7-23-29)16(30)25-10-2-3-12(22-6-10)28-9-21-8-24-28/h2-9H,1H3,(H,25,30). The molecule has 0 radical (unpaired) electrons. The van der Waals surface area contributed by atoms with Gasteiger partial charge in [0.15, 0.2) is 17.3 Å². The van der Waals surface area contributed by atoms with Crippen molar-refractivity contribution < 1.29 is 22.7 Å². The average Bonchev–Trinajstić information content (AvgIpc) is 3.44. The number of nitrogens with zero attached hydrogens (tertiary/aromatic N) is 8. The van der Waals surface area contributed by atoms with E-state index in [2.05, 4.69) is 35.7 Å². The molecule has 4 aromatic rings. The third kappa shape index (κ3) is 4.03. The van der Waals surface area contributed by atoms with Gasteiger partial charge in [-0.3, -0.25) is 4.79 Å². The summed E-state index contributed by atoms with van der Waals surface area (Å²) in [6.45, 7) is 0. The summed E-state index contributed by atoms with van der Waals surface area (Å²) < 4.78 is 47.9. The zero-order valence-electron chi connectivity index (χ0n) is 15.6. The molecule has 14 heteroatoms. The Kier molecular flexibility index (Phi) is 5.02. The summed E-state index contributed by atoms with van der Waals surface area (Å²) in [5.41, 5.74) is -1.80. The topological polar surface area (TPSA) is 126 Å². The number of carbonyl (C=O) groups is 1. The van der Waals surface area contributed by atoms with E-state index in [0.29, 0.717) is 10.5 Å². The molecule has 0 aliphatic heterocycles. The molecule has 158 valence electrons. The van der Waals surface area contributed by atoms with Crippen molar-refractivity contribution in [2.75, 3.05) is 12.4 Å². The van der Waals surface area contributed by atoms with Gasteiger partial charge in [0, 0.05) is 6.07 Å². The molecule has 31 heavy (non-hydrogen) atoms. The highest BCUT2D eigenvalue weighted by Gasteiger charge is 2.41.